The van der Waals surface area contributed by atoms with Crippen LogP contribution in [0.15, 0.2) is 18.2 Å². The number of amides is 1. The fraction of sp³-hybridized carbons (Fsp3) is 0.0909. The quantitative estimate of drug-likeness (QED) is 0.673. The molecule has 0 fully saturated rings. The van der Waals surface area contributed by atoms with E-state index >= 15 is 0 Å². The number of carbonyl (C=O) groups excluding carboxylic acids is 1. The third kappa shape index (κ3) is 2.85. The van der Waals surface area contributed by atoms with Gasteiger partial charge in [0.05, 0.1) is 0 Å². The van der Waals surface area contributed by atoms with E-state index in [0.717, 1.165) is 28.0 Å². The van der Waals surface area contributed by atoms with Gasteiger partial charge in [-0.25, -0.2) is 13.1 Å². The Morgan fingerprint density at radius 2 is 2.21 bits per heavy atom. The summed E-state index contributed by atoms with van der Waals surface area (Å²) in [6.45, 7) is 0. The average molecular weight is 301 g/mol. The van der Waals surface area contributed by atoms with Crippen LogP contribution in [0, 0.1) is 11.6 Å². The second-order valence-electron chi connectivity index (χ2n) is 3.71. The monoisotopic (exact) mass is 301 g/mol. The third-order valence-corrected chi connectivity index (χ3v) is 3.82. The molecule has 0 unspecified atom stereocenters. The lowest BCUT2D eigenvalue weighted by atomic mass is 10.1. The number of carbonyl (C=O) groups is 1. The van der Waals surface area contributed by atoms with Gasteiger partial charge in [-0.05, 0) is 23.2 Å². The van der Waals surface area contributed by atoms with Gasteiger partial charge in [-0.15, -0.1) is 0 Å². The van der Waals surface area contributed by atoms with Crippen molar-refractivity contribution in [2.75, 3.05) is 10.0 Å². The van der Waals surface area contributed by atoms with Crippen molar-refractivity contribution in [3.8, 4) is 0 Å². The summed E-state index contributed by atoms with van der Waals surface area (Å²) in [6, 6.07) is 3.28. The minimum atomic E-state index is -0.673. The molecule has 8 heteroatoms. The van der Waals surface area contributed by atoms with Crippen molar-refractivity contribution in [2.45, 2.75) is 6.42 Å². The van der Waals surface area contributed by atoms with Gasteiger partial charge in [0.2, 0.25) is 6.41 Å². The Kier molecular flexibility index (Phi) is 4.01. The molecule has 0 aliphatic rings. The van der Waals surface area contributed by atoms with E-state index in [9.17, 15) is 13.6 Å². The molecule has 0 aliphatic heterocycles. The van der Waals surface area contributed by atoms with E-state index in [2.05, 4.69) is 17.2 Å². The first-order chi connectivity index (χ1) is 9.02. The summed E-state index contributed by atoms with van der Waals surface area (Å²) >= 11 is 4.92. The standard InChI is InChI=1S/C11H9F2N3OS2/c12-7-2-1-6(9(13)4-7)3-8-10(14)15-19-11(8)16(18)5-17/h1-2,4-5,18H,3H2,(H2,14,15). The predicted molar refractivity (Wildman–Crippen MR) is 73.2 cm³/mol. The van der Waals surface area contributed by atoms with Crippen LogP contribution in [-0.2, 0) is 11.2 Å². The Labute approximate surface area is 117 Å². The van der Waals surface area contributed by atoms with E-state index in [1.54, 1.807) is 0 Å². The molecule has 2 aromatic rings. The van der Waals surface area contributed by atoms with Crippen molar-refractivity contribution in [2.24, 2.45) is 0 Å². The number of thiol groups is 1. The number of nitrogen functional groups attached to an aromatic ring is 1. The van der Waals surface area contributed by atoms with Crippen LogP contribution in [0.25, 0.3) is 0 Å². The maximum Gasteiger partial charge on any atom is 0.224 e. The summed E-state index contributed by atoms with van der Waals surface area (Å²) in [5.41, 5.74) is 6.44. The van der Waals surface area contributed by atoms with E-state index in [1.165, 1.54) is 6.07 Å². The number of benzene rings is 1. The molecule has 0 bridgehead atoms. The highest BCUT2D eigenvalue weighted by molar-refractivity contribution is 7.82. The van der Waals surface area contributed by atoms with Gasteiger partial charge in [-0.2, -0.15) is 4.37 Å². The molecule has 4 nitrogen and oxygen atoms in total. The predicted octanol–water partition coefficient (Wildman–Crippen LogP) is 2.40. The summed E-state index contributed by atoms with van der Waals surface area (Å²) in [7, 11) is 0. The molecule has 1 aromatic heterocycles. The van der Waals surface area contributed by atoms with Crippen molar-refractivity contribution in [3.63, 3.8) is 0 Å². The maximum atomic E-state index is 13.6. The first kappa shape index (κ1) is 13.8. The van der Waals surface area contributed by atoms with E-state index < -0.39 is 11.6 Å². The zero-order valence-corrected chi connectivity index (χ0v) is 11.2. The summed E-state index contributed by atoms with van der Waals surface area (Å²) < 4.78 is 31.3. The summed E-state index contributed by atoms with van der Waals surface area (Å²) in [4.78, 5) is 10.7. The van der Waals surface area contributed by atoms with Gasteiger partial charge in [0, 0.05) is 18.1 Å². The van der Waals surface area contributed by atoms with Gasteiger partial charge in [0.25, 0.3) is 0 Å². The van der Waals surface area contributed by atoms with Crippen LogP contribution < -0.4 is 10.0 Å². The van der Waals surface area contributed by atoms with Crippen LogP contribution in [-0.4, -0.2) is 10.8 Å². The summed E-state index contributed by atoms with van der Waals surface area (Å²) in [5, 5.41) is 0.416. The first-order valence-electron chi connectivity index (χ1n) is 5.14. The largest absolute Gasteiger partial charge is 0.383 e. The number of nitrogens with two attached hydrogens (primary N) is 1. The molecule has 0 aliphatic carbocycles. The summed E-state index contributed by atoms with van der Waals surface area (Å²) in [6.07, 6.45) is 0.593. The number of nitrogens with zero attached hydrogens (tertiary/aromatic N) is 2. The highest BCUT2D eigenvalue weighted by Crippen LogP contribution is 2.33. The third-order valence-electron chi connectivity index (χ3n) is 2.49. The van der Waals surface area contributed by atoms with E-state index in [0.29, 0.717) is 17.0 Å². The molecule has 0 saturated carbocycles. The Bertz CT molecular complexity index is 618. The first-order valence-corrected chi connectivity index (χ1v) is 6.31. The van der Waals surface area contributed by atoms with Gasteiger partial charge in [-0.3, -0.25) is 4.79 Å². The highest BCUT2D eigenvalue weighted by Gasteiger charge is 2.17. The maximum absolute atomic E-state index is 13.6. The van der Waals surface area contributed by atoms with Gasteiger partial charge >= 0.3 is 0 Å². The highest BCUT2D eigenvalue weighted by atomic mass is 32.1. The number of rotatable bonds is 4. The Morgan fingerprint density at radius 1 is 1.47 bits per heavy atom. The van der Waals surface area contributed by atoms with Crippen molar-refractivity contribution in [3.05, 3.63) is 41.0 Å². The molecule has 1 amide bonds. The van der Waals surface area contributed by atoms with Crippen molar-refractivity contribution in [1.82, 2.24) is 4.37 Å². The second-order valence-corrected chi connectivity index (χ2v) is 4.90. The zero-order valence-electron chi connectivity index (χ0n) is 9.51. The van der Waals surface area contributed by atoms with Crippen LogP contribution >= 0.6 is 24.3 Å². The Hall–Kier alpha value is -1.67. The minimum absolute atomic E-state index is 0.106. The lowest BCUT2D eigenvalue weighted by Gasteiger charge is -2.09. The topological polar surface area (TPSA) is 59.2 Å². The number of anilines is 2. The SMILES string of the molecule is Nc1nsc(N(S)C=O)c1Cc1ccc(F)cc1F. The molecular weight excluding hydrogens is 292 g/mol. The fourth-order valence-corrected chi connectivity index (χ4v) is 2.50. The van der Waals surface area contributed by atoms with E-state index in [4.69, 9.17) is 5.73 Å². The second kappa shape index (κ2) is 5.54. The number of halogens is 2. The van der Waals surface area contributed by atoms with Crippen LogP contribution in [0.3, 0.4) is 0 Å². The number of hydrogen-bond acceptors (Lipinski definition) is 5. The molecule has 0 radical (unpaired) electrons. The molecular formula is C11H9F2N3OS2. The molecule has 2 rings (SSSR count). The van der Waals surface area contributed by atoms with Crippen LogP contribution in [0.1, 0.15) is 11.1 Å². The van der Waals surface area contributed by atoms with Crippen LogP contribution in [0.2, 0.25) is 0 Å². The molecule has 1 aromatic carbocycles. The van der Waals surface area contributed by atoms with Gasteiger partial charge in [0.15, 0.2) is 0 Å². The Balaban J connectivity index is 2.37. The van der Waals surface area contributed by atoms with E-state index in [-0.39, 0.29) is 17.8 Å². The van der Waals surface area contributed by atoms with Crippen LogP contribution in [0.5, 0.6) is 0 Å². The molecule has 0 spiro atoms. The normalized spacial score (nSPS) is 10.5. The van der Waals surface area contributed by atoms with Gasteiger partial charge in [0.1, 0.15) is 22.5 Å². The molecule has 1 heterocycles. The Morgan fingerprint density at radius 3 is 2.84 bits per heavy atom. The fourth-order valence-electron chi connectivity index (χ4n) is 1.56. The van der Waals surface area contributed by atoms with Crippen molar-refractivity contribution < 1.29 is 13.6 Å². The molecule has 19 heavy (non-hydrogen) atoms. The zero-order chi connectivity index (χ0) is 14.0. The van der Waals surface area contributed by atoms with Crippen LogP contribution in [0.4, 0.5) is 19.6 Å². The van der Waals surface area contributed by atoms with Gasteiger partial charge in [-0.1, -0.05) is 18.9 Å². The molecule has 100 valence electrons. The van der Waals surface area contributed by atoms with E-state index in [1.807, 2.05) is 0 Å². The number of hydrogen-bond donors (Lipinski definition) is 2. The van der Waals surface area contributed by atoms with Crippen molar-refractivity contribution >= 4 is 41.6 Å². The molecule has 0 saturated heterocycles. The molecule has 2 N–H and O–H groups in total. The molecule has 0 atom stereocenters. The lowest BCUT2D eigenvalue weighted by molar-refractivity contribution is -0.106. The minimum Gasteiger partial charge on any atom is -0.383 e. The lowest BCUT2D eigenvalue weighted by Crippen LogP contribution is -2.08. The van der Waals surface area contributed by atoms with Gasteiger partial charge < -0.3 is 5.73 Å². The van der Waals surface area contributed by atoms with Crippen molar-refractivity contribution in [1.29, 1.82) is 0 Å². The smallest absolute Gasteiger partial charge is 0.224 e. The summed E-state index contributed by atoms with van der Waals surface area (Å²) in [5.74, 6) is -1.13. The number of aromatic nitrogens is 1. The average Bonchev–Trinajstić information content (AvgIpc) is 2.73.